The number of fused-ring (bicyclic) bond motifs is 1. The van der Waals surface area contributed by atoms with Crippen LogP contribution in [0.3, 0.4) is 0 Å². The van der Waals surface area contributed by atoms with E-state index >= 15 is 0 Å². The Bertz CT molecular complexity index is 858. The Hall–Kier alpha value is -2.88. The molecule has 1 amide bonds. The highest BCUT2D eigenvalue weighted by Crippen LogP contribution is 2.26. The second-order valence-corrected chi connectivity index (χ2v) is 5.49. The molecule has 0 fully saturated rings. The summed E-state index contributed by atoms with van der Waals surface area (Å²) in [6, 6.07) is 19.4. The number of hydrogen-bond donors (Lipinski definition) is 1. The van der Waals surface area contributed by atoms with E-state index in [2.05, 4.69) is 5.32 Å². The maximum atomic E-state index is 13.2. The summed E-state index contributed by atoms with van der Waals surface area (Å²) >= 11 is 0. The van der Waals surface area contributed by atoms with E-state index in [0.29, 0.717) is 17.9 Å². The monoisotopic (exact) mass is 323 g/mol. The number of halogens is 1. The van der Waals surface area contributed by atoms with Crippen LogP contribution in [-0.4, -0.2) is 12.0 Å². The first-order chi connectivity index (χ1) is 11.7. The first kappa shape index (κ1) is 16.0. The minimum atomic E-state index is -0.654. The van der Waals surface area contributed by atoms with Crippen molar-refractivity contribution >= 4 is 22.4 Å². The number of nitrogens with one attached hydrogen (secondary N) is 1. The van der Waals surface area contributed by atoms with Crippen LogP contribution in [0.15, 0.2) is 66.7 Å². The fourth-order valence-electron chi connectivity index (χ4n) is 2.56. The van der Waals surface area contributed by atoms with Gasteiger partial charge in [0.1, 0.15) is 11.6 Å². The minimum absolute atomic E-state index is 0.295. The predicted molar refractivity (Wildman–Crippen MR) is 93.7 cm³/mol. The molecule has 0 aliphatic carbocycles. The van der Waals surface area contributed by atoms with Crippen LogP contribution in [0.1, 0.15) is 13.3 Å². The van der Waals surface area contributed by atoms with Gasteiger partial charge in [-0.15, -0.1) is 0 Å². The third-order valence-corrected chi connectivity index (χ3v) is 3.77. The van der Waals surface area contributed by atoms with E-state index in [4.69, 9.17) is 4.74 Å². The van der Waals surface area contributed by atoms with Gasteiger partial charge in [-0.1, -0.05) is 49.4 Å². The van der Waals surface area contributed by atoms with Crippen LogP contribution in [0.4, 0.5) is 10.1 Å². The standard InChI is InChI=1S/C20H18FNO2/c1-2-18(20(23)22-16-10-6-9-15(21)13-16)24-19-12-5-8-14-7-3-4-11-17(14)19/h3-13,18H,2H2,1H3,(H,22,23)/t18-/m0/s1. The molecule has 122 valence electrons. The molecule has 1 atom stereocenters. The fraction of sp³-hybridized carbons (Fsp3) is 0.150. The Kier molecular flexibility index (Phi) is 4.75. The lowest BCUT2D eigenvalue weighted by Crippen LogP contribution is -2.32. The fourth-order valence-corrected chi connectivity index (χ4v) is 2.56. The normalized spacial score (nSPS) is 11.9. The van der Waals surface area contributed by atoms with E-state index in [9.17, 15) is 9.18 Å². The minimum Gasteiger partial charge on any atom is -0.480 e. The van der Waals surface area contributed by atoms with Gasteiger partial charge < -0.3 is 10.1 Å². The van der Waals surface area contributed by atoms with E-state index in [-0.39, 0.29) is 5.91 Å². The van der Waals surface area contributed by atoms with E-state index in [1.54, 1.807) is 12.1 Å². The molecule has 3 rings (SSSR count). The van der Waals surface area contributed by atoms with Gasteiger partial charge >= 0.3 is 0 Å². The second-order valence-electron chi connectivity index (χ2n) is 5.49. The third kappa shape index (κ3) is 3.54. The zero-order chi connectivity index (χ0) is 16.9. The predicted octanol–water partition coefficient (Wildman–Crippen LogP) is 4.78. The van der Waals surface area contributed by atoms with E-state index in [1.807, 2.05) is 49.4 Å². The van der Waals surface area contributed by atoms with E-state index in [0.717, 1.165) is 10.8 Å². The van der Waals surface area contributed by atoms with Gasteiger partial charge in [0.2, 0.25) is 0 Å². The molecule has 4 heteroatoms. The molecule has 1 N–H and O–H groups in total. The van der Waals surface area contributed by atoms with Crippen molar-refractivity contribution in [2.24, 2.45) is 0 Å². The first-order valence-electron chi connectivity index (χ1n) is 7.88. The van der Waals surface area contributed by atoms with Crippen molar-refractivity contribution in [2.45, 2.75) is 19.4 Å². The van der Waals surface area contributed by atoms with Crippen molar-refractivity contribution < 1.29 is 13.9 Å². The number of ether oxygens (including phenoxy) is 1. The molecule has 3 nitrogen and oxygen atoms in total. The van der Waals surface area contributed by atoms with Crippen LogP contribution in [-0.2, 0) is 4.79 Å². The van der Waals surface area contributed by atoms with Crippen molar-refractivity contribution in [2.75, 3.05) is 5.32 Å². The summed E-state index contributed by atoms with van der Waals surface area (Å²) in [5, 5.41) is 4.70. The number of benzene rings is 3. The molecule has 0 aromatic heterocycles. The lowest BCUT2D eigenvalue weighted by atomic mass is 10.1. The maximum absolute atomic E-state index is 13.2. The SMILES string of the molecule is CC[C@H](Oc1cccc2ccccc12)C(=O)Nc1cccc(F)c1. The molecular formula is C20H18FNO2. The Morgan fingerprint density at radius 3 is 2.62 bits per heavy atom. The number of carbonyl (C=O) groups is 1. The van der Waals surface area contributed by atoms with Gasteiger partial charge in [0.05, 0.1) is 0 Å². The summed E-state index contributed by atoms with van der Waals surface area (Å²) < 4.78 is 19.2. The Balaban J connectivity index is 1.79. The summed E-state index contributed by atoms with van der Waals surface area (Å²) in [6.07, 6.45) is -0.149. The van der Waals surface area contributed by atoms with E-state index < -0.39 is 11.9 Å². The molecule has 0 aliphatic rings. The van der Waals surface area contributed by atoms with Crippen molar-refractivity contribution in [1.29, 1.82) is 0 Å². The van der Waals surface area contributed by atoms with E-state index in [1.165, 1.54) is 12.1 Å². The van der Waals surface area contributed by atoms with Gasteiger partial charge in [0.15, 0.2) is 6.10 Å². The molecule has 0 aliphatic heterocycles. The lowest BCUT2D eigenvalue weighted by molar-refractivity contribution is -0.122. The molecule has 24 heavy (non-hydrogen) atoms. The van der Waals surface area contributed by atoms with Gasteiger partial charge in [0, 0.05) is 11.1 Å². The summed E-state index contributed by atoms with van der Waals surface area (Å²) in [4.78, 5) is 12.4. The number of carbonyl (C=O) groups excluding carboxylic acids is 1. The van der Waals surface area contributed by atoms with Crippen molar-refractivity contribution in [1.82, 2.24) is 0 Å². The smallest absolute Gasteiger partial charge is 0.265 e. The Morgan fingerprint density at radius 2 is 1.83 bits per heavy atom. The first-order valence-corrected chi connectivity index (χ1v) is 7.88. The molecule has 0 heterocycles. The van der Waals surface area contributed by atoms with Crippen LogP contribution >= 0.6 is 0 Å². The van der Waals surface area contributed by atoms with Crippen molar-refractivity contribution in [3.63, 3.8) is 0 Å². The number of hydrogen-bond acceptors (Lipinski definition) is 2. The van der Waals surface area contributed by atoms with Gasteiger partial charge in [-0.25, -0.2) is 4.39 Å². The molecule has 3 aromatic carbocycles. The number of rotatable bonds is 5. The average molecular weight is 323 g/mol. The summed E-state index contributed by atoms with van der Waals surface area (Å²) in [5.74, 6) is -0.0267. The quantitative estimate of drug-likeness (QED) is 0.734. The van der Waals surface area contributed by atoms with Crippen LogP contribution < -0.4 is 10.1 Å². The highest BCUT2D eigenvalue weighted by Gasteiger charge is 2.19. The van der Waals surface area contributed by atoms with Crippen molar-refractivity contribution in [3.05, 3.63) is 72.5 Å². The van der Waals surface area contributed by atoms with Gasteiger partial charge in [0.25, 0.3) is 5.91 Å². The van der Waals surface area contributed by atoms with Gasteiger partial charge in [-0.05, 0) is 36.1 Å². The molecule has 0 unspecified atom stereocenters. The van der Waals surface area contributed by atoms with Crippen LogP contribution in [0, 0.1) is 5.82 Å². The zero-order valence-electron chi connectivity index (χ0n) is 13.3. The highest BCUT2D eigenvalue weighted by atomic mass is 19.1. The summed E-state index contributed by atoms with van der Waals surface area (Å²) in [5.41, 5.74) is 0.417. The third-order valence-electron chi connectivity index (χ3n) is 3.77. The highest BCUT2D eigenvalue weighted by molar-refractivity contribution is 5.95. The Morgan fingerprint density at radius 1 is 1.08 bits per heavy atom. The molecule has 0 spiro atoms. The van der Waals surface area contributed by atoms with Crippen LogP contribution in [0.5, 0.6) is 5.75 Å². The number of amides is 1. The largest absolute Gasteiger partial charge is 0.480 e. The summed E-state index contributed by atoms with van der Waals surface area (Å²) in [6.45, 7) is 1.88. The van der Waals surface area contributed by atoms with Gasteiger partial charge in [-0.3, -0.25) is 4.79 Å². The maximum Gasteiger partial charge on any atom is 0.265 e. The topological polar surface area (TPSA) is 38.3 Å². The average Bonchev–Trinajstić information content (AvgIpc) is 2.59. The number of anilines is 1. The lowest BCUT2D eigenvalue weighted by Gasteiger charge is -2.18. The van der Waals surface area contributed by atoms with Gasteiger partial charge in [-0.2, -0.15) is 0 Å². The Labute approximate surface area is 140 Å². The van der Waals surface area contributed by atoms with Crippen LogP contribution in [0.2, 0.25) is 0 Å². The molecule has 0 saturated heterocycles. The van der Waals surface area contributed by atoms with Crippen LogP contribution in [0.25, 0.3) is 10.8 Å². The second kappa shape index (κ2) is 7.13. The van der Waals surface area contributed by atoms with Crippen molar-refractivity contribution in [3.8, 4) is 5.75 Å². The zero-order valence-corrected chi connectivity index (χ0v) is 13.3. The molecule has 0 saturated carbocycles. The summed E-state index contributed by atoms with van der Waals surface area (Å²) in [7, 11) is 0. The molecular weight excluding hydrogens is 305 g/mol. The molecule has 0 bridgehead atoms. The molecule has 0 radical (unpaired) electrons. The molecule has 3 aromatic rings.